The summed E-state index contributed by atoms with van der Waals surface area (Å²) >= 11 is 0. The van der Waals surface area contributed by atoms with Gasteiger partial charge in [-0.1, -0.05) is 5.21 Å². The molecule has 0 amide bonds. The second-order valence-corrected chi connectivity index (χ2v) is 6.30. The lowest BCUT2D eigenvalue weighted by atomic mass is 9.54. The van der Waals surface area contributed by atoms with Crippen LogP contribution in [0.4, 0.5) is 0 Å². The fourth-order valence-corrected chi connectivity index (χ4v) is 4.96. The molecule has 0 aromatic carbocycles. The van der Waals surface area contributed by atoms with E-state index in [1.165, 1.54) is 32.1 Å². The molecule has 4 saturated carbocycles. The van der Waals surface area contributed by atoms with Crippen LogP contribution in [0.2, 0.25) is 0 Å². The van der Waals surface area contributed by atoms with E-state index >= 15 is 0 Å². The monoisotopic (exact) mass is 232 g/mol. The Morgan fingerprint density at radius 3 is 2.35 bits per heavy atom. The van der Waals surface area contributed by atoms with Gasteiger partial charge in [0.25, 0.3) is 0 Å². The molecule has 2 N–H and O–H groups in total. The third kappa shape index (κ3) is 1.39. The van der Waals surface area contributed by atoms with Gasteiger partial charge in [-0.25, -0.2) is 4.68 Å². The highest BCUT2D eigenvalue weighted by molar-refractivity contribution is 5.04. The molecular formula is C13H20N4. The van der Waals surface area contributed by atoms with E-state index in [1.807, 2.05) is 6.20 Å². The Kier molecular flexibility index (Phi) is 2.10. The van der Waals surface area contributed by atoms with Crippen molar-refractivity contribution in [3.8, 4) is 0 Å². The van der Waals surface area contributed by atoms with Crippen LogP contribution in [-0.2, 0) is 6.54 Å². The molecule has 0 saturated heterocycles. The molecule has 0 aliphatic heterocycles. The average molecular weight is 232 g/mol. The van der Waals surface area contributed by atoms with Crippen LogP contribution in [-0.4, -0.2) is 15.0 Å². The molecule has 17 heavy (non-hydrogen) atoms. The van der Waals surface area contributed by atoms with Gasteiger partial charge in [0.2, 0.25) is 0 Å². The van der Waals surface area contributed by atoms with E-state index in [4.69, 9.17) is 5.73 Å². The van der Waals surface area contributed by atoms with Crippen molar-refractivity contribution in [1.29, 1.82) is 0 Å². The van der Waals surface area contributed by atoms with Gasteiger partial charge in [-0.05, 0) is 55.8 Å². The molecule has 4 fully saturated rings. The molecule has 4 aliphatic carbocycles. The van der Waals surface area contributed by atoms with Gasteiger partial charge >= 0.3 is 0 Å². The maximum Gasteiger partial charge on any atom is 0.0738 e. The molecule has 4 bridgehead atoms. The van der Waals surface area contributed by atoms with Crippen LogP contribution in [0.5, 0.6) is 0 Å². The molecule has 0 unspecified atom stereocenters. The predicted octanol–water partition coefficient (Wildman–Crippen LogP) is 1.73. The van der Waals surface area contributed by atoms with Crippen LogP contribution < -0.4 is 5.73 Å². The summed E-state index contributed by atoms with van der Waals surface area (Å²) in [7, 11) is 0. The number of nitrogens with two attached hydrogens (primary N) is 1. The van der Waals surface area contributed by atoms with E-state index in [9.17, 15) is 0 Å². The lowest BCUT2D eigenvalue weighted by Crippen LogP contribution is -2.46. The van der Waals surface area contributed by atoms with Crippen molar-refractivity contribution in [2.24, 2.45) is 29.4 Å². The van der Waals surface area contributed by atoms with Crippen LogP contribution in [0.3, 0.4) is 0 Å². The maximum absolute atomic E-state index is 5.79. The SMILES string of the molecule is NCc1cnnn1C1C2CC3CC(C2)CC1C3. The van der Waals surface area contributed by atoms with Gasteiger partial charge in [-0.15, -0.1) is 5.10 Å². The molecule has 0 atom stereocenters. The van der Waals surface area contributed by atoms with Crippen molar-refractivity contribution in [1.82, 2.24) is 15.0 Å². The molecule has 0 radical (unpaired) electrons. The summed E-state index contributed by atoms with van der Waals surface area (Å²) in [5.41, 5.74) is 6.90. The highest BCUT2D eigenvalue weighted by Crippen LogP contribution is 2.58. The summed E-state index contributed by atoms with van der Waals surface area (Å²) in [5, 5.41) is 8.38. The molecule has 1 aromatic rings. The number of rotatable bonds is 2. The van der Waals surface area contributed by atoms with Crippen molar-refractivity contribution in [3.05, 3.63) is 11.9 Å². The van der Waals surface area contributed by atoms with E-state index in [0.717, 1.165) is 29.4 Å². The molecule has 4 heteroatoms. The van der Waals surface area contributed by atoms with Crippen molar-refractivity contribution in [2.45, 2.75) is 44.7 Å². The molecule has 0 spiro atoms. The Labute approximate surface area is 102 Å². The Hall–Kier alpha value is -0.900. The third-order valence-corrected chi connectivity index (χ3v) is 5.32. The number of hydrogen-bond acceptors (Lipinski definition) is 3. The number of hydrogen-bond donors (Lipinski definition) is 1. The lowest BCUT2D eigenvalue weighted by Gasteiger charge is -2.54. The Morgan fingerprint density at radius 1 is 1.12 bits per heavy atom. The zero-order valence-electron chi connectivity index (χ0n) is 10.1. The fourth-order valence-electron chi connectivity index (χ4n) is 4.96. The summed E-state index contributed by atoms with van der Waals surface area (Å²) in [6, 6.07) is 0.601. The Morgan fingerprint density at radius 2 is 1.76 bits per heavy atom. The number of nitrogens with zero attached hydrogens (tertiary/aromatic N) is 3. The minimum absolute atomic E-state index is 0.565. The standard InChI is InChI=1S/C13H20N4/c14-6-12-7-15-16-17(12)13-10-2-8-1-9(4-10)5-11(13)3-8/h7-11,13H,1-6,14H2. The highest BCUT2D eigenvalue weighted by atomic mass is 15.4. The normalized spacial score (nSPS) is 43.2. The second-order valence-electron chi connectivity index (χ2n) is 6.30. The van der Waals surface area contributed by atoms with Crippen molar-refractivity contribution >= 4 is 0 Å². The third-order valence-electron chi connectivity index (χ3n) is 5.32. The van der Waals surface area contributed by atoms with Crippen LogP contribution in [0.15, 0.2) is 6.20 Å². The summed E-state index contributed by atoms with van der Waals surface area (Å²) < 4.78 is 2.16. The first-order chi connectivity index (χ1) is 8.35. The topological polar surface area (TPSA) is 56.7 Å². The van der Waals surface area contributed by atoms with Gasteiger partial charge in [-0.3, -0.25) is 0 Å². The summed E-state index contributed by atoms with van der Waals surface area (Å²) in [4.78, 5) is 0. The van der Waals surface area contributed by atoms with Gasteiger partial charge in [0.15, 0.2) is 0 Å². The smallest absolute Gasteiger partial charge is 0.0738 e. The van der Waals surface area contributed by atoms with Crippen LogP contribution in [0, 0.1) is 23.7 Å². The minimum atomic E-state index is 0.565. The van der Waals surface area contributed by atoms with Gasteiger partial charge in [-0.2, -0.15) is 0 Å². The van der Waals surface area contributed by atoms with E-state index in [1.54, 1.807) is 0 Å². The molecule has 1 heterocycles. The average Bonchev–Trinajstić information content (AvgIpc) is 2.75. The van der Waals surface area contributed by atoms with Crippen molar-refractivity contribution < 1.29 is 0 Å². The van der Waals surface area contributed by atoms with Crippen molar-refractivity contribution in [2.75, 3.05) is 0 Å². The molecule has 92 valence electrons. The maximum atomic E-state index is 5.79. The van der Waals surface area contributed by atoms with Crippen LogP contribution >= 0.6 is 0 Å². The summed E-state index contributed by atoms with van der Waals surface area (Å²) in [6.07, 6.45) is 9.01. The summed E-state index contributed by atoms with van der Waals surface area (Å²) in [6.45, 7) is 0.565. The van der Waals surface area contributed by atoms with Gasteiger partial charge < -0.3 is 5.73 Å². The van der Waals surface area contributed by atoms with Gasteiger partial charge in [0, 0.05) is 6.54 Å². The van der Waals surface area contributed by atoms with E-state index in [-0.39, 0.29) is 0 Å². The Bertz CT molecular complexity index is 397. The van der Waals surface area contributed by atoms with Crippen LogP contribution in [0.25, 0.3) is 0 Å². The first-order valence-electron chi connectivity index (χ1n) is 6.94. The molecular weight excluding hydrogens is 212 g/mol. The quantitative estimate of drug-likeness (QED) is 0.845. The van der Waals surface area contributed by atoms with Gasteiger partial charge in [0.05, 0.1) is 17.9 Å². The Balaban J connectivity index is 1.70. The molecule has 4 aliphatic rings. The molecule has 1 aromatic heterocycles. The minimum Gasteiger partial charge on any atom is -0.325 e. The summed E-state index contributed by atoms with van der Waals surface area (Å²) in [5.74, 6) is 3.72. The van der Waals surface area contributed by atoms with E-state index < -0.39 is 0 Å². The predicted molar refractivity (Wildman–Crippen MR) is 64.0 cm³/mol. The zero-order valence-corrected chi connectivity index (χ0v) is 10.1. The van der Waals surface area contributed by atoms with E-state index in [2.05, 4.69) is 15.0 Å². The van der Waals surface area contributed by atoms with E-state index in [0.29, 0.717) is 12.6 Å². The fraction of sp³-hybridized carbons (Fsp3) is 0.846. The largest absolute Gasteiger partial charge is 0.325 e. The highest BCUT2D eigenvalue weighted by Gasteiger charge is 2.49. The second kappa shape index (κ2) is 3.55. The number of aromatic nitrogens is 3. The lowest BCUT2D eigenvalue weighted by molar-refractivity contribution is -0.0352. The first kappa shape index (κ1) is 10.1. The molecule has 4 nitrogen and oxygen atoms in total. The van der Waals surface area contributed by atoms with Gasteiger partial charge in [0.1, 0.15) is 0 Å². The van der Waals surface area contributed by atoms with Crippen molar-refractivity contribution in [3.63, 3.8) is 0 Å². The van der Waals surface area contributed by atoms with Crippen LogP contribution in [0.1, 0.15) is 43.8 Å². The first-order valence-corrected chi connectivity index (χ1v) is 6.94. The zero-order chi connectivity index (χ0) is 11.4. The molecule has 5 rings (SSSR count).